The molecule has 0 spiro atoms. The van der Waals surface area contributed by atoms with E-state index in [1.807, 2.05) is 18.2 Å². The molecule has 0 aliphatic rings. The molecule has 23 heavy (non-hydrogen) atoms. The molecule has 0 bridgehead atoms. The molecule has 1 heterocycles. The van der Waals surface area contributed by atoms with E-state index in [9.17, 15) is 8.42 Å². The average Bonchev–Trinajstić information content (AvgIpc) is 2.55. The first kappa shape index (κ1) is 19.4. The van der Waals surface area contributed by atoms with Crippen molar-refractivity contribution in [1.29, 1.82) is 5.26 Å². The average molecular weight is 339 g/mol. The summed E-state index contributed by atoms with van der Waals surface area (Å²) in [6, 6.07) is 5.77. The highest BCUT2D eigenvalue weighted by Crippen LogP contribution is 2.11. The minimum Gasteiger partial charge on any atom is -0.357 e. The lowest BCUT2D eigenvalue weighted by molar-refractivity contribution is 0.430. The Morgan fingerprint density at radius 3 is 2.48 bits per heavy atom. The number of pyridine rings is 1. The van der Waals surface area contributed by atoms with Crippen LogP contribution in [-0.2, 0) is 16.8 Å². The maximum atomic E-state index is 12.1. The first-order chi connectivity index (χ1) is 10.8. The maximum absolute atomic E-state index is 12.1. The van der Waals surface area contributed by atoms with Gasteiger partial charge in [0.1, 0.15) is 5.82 Å². The molecule has 0 fully saturated rings. The molecule has 0 saturated heterocycles. The Labute approximate surface area is 139 Å². The van der Waals surface area contributed by atoms with Crippen LogP contribution >= 0.6 is 0 Å². The minimum absolute atomic E-state index is 0.158. The van der Waals surface area contributed by atoms with Gasteiger partial charge in [0.15, 0.2) is 0 Å². The topological polar surface area (TPSA) is 89.3 Å². The molecule has 1 N–H and O–H groups in total. The second-order valence-corrected chi connectivity index (χ2v) is 7.20. The van der Waals surface area contributed by atoms with Crippen LogP contribution in [0, 0.1) is 17.2 Å². The lowest BCUT2D eigenvalue weighted by atomic mass is 10.2. The van der Waals surface area contributed by atoms with Crippen molar-refractivity contribution < 1.29 is 8.42 Å². The summed E-state index contributed by atoms with van der Waals surface area (Å²) in [6.45, 7) is 7.87. The van der Waals surface area contributed by atoms with E-state index in [2.05, 4.69) is 28.5 Å². The van der Waals surface area contributed by atoms with Crippen LogP contribution in [0.4, 0.5) is 5.82 Å². The smallest absolute Gasteiger partial charge is 0.279 e. The first-order valence-electron chi connectivity index (χ1n) is 7.64. The highest BCUT2D eigenvalue weighted by atomic mass is 32.2. The largest absolute Gasteiger partial charge is 0.357 e. The van der Waals surface area contributed by atoms with Crippen LogP contribution in [0.1, 0.15) is 26.3 Å². The molecule has 1 atom stereocenters. The van der Waals surface area contributed by atoms with Gasteiger partial charge in [-0.25, -0.2) is 4.98 Å². The summed E-state index contributed by atoms with van der Waals surface area (Å²) in [6.07, 6.45) is 1.67. The molecule has 8 heteroatoms. The summed E-state index contributed by atoms with van der Waals surface area (Å²) in [4.78, 5) is 6.48. The Balaban J connectivity index is 2.65. The monoisotopic (exact) mass is 339 g/mol. The molecular formula is C15H25N5O2S. The fourth-order valence-corrected chi connectivity index (χ4v) is 3.05. The van der Waals surface area contributed by atoms with Gasteiger partial charge in [-0.1, -0.05) is 6.07 Å². The normalized spacial score (nSPS) is 12.9. The third-order valence-corrected chi connectivity index (χ3v) is 5.00. The molecule has 0 aliphatic heterocycles. The highest BCUT2D eigenvalue weighted by molar-refractivity contribution is 7.87. The van der Waals surface area contributed by atoms with Crippen molar-refractivity contribution in [3.05, 3.63) is 23.9 Å². The summed E-state index contributed by atoms with van der Waals surface area (Å²) in [5.74, 6) is 0.521. The highest BCUT2D eigenvalue weighted by Gasteiger charge is 2.19. The molecule has 7 nitrogen and oxygen atoms in total. The van der Waals surface area contributed by atoms with Gasteiger partial charge in [0.05, 0.1) is 12.0 Å². The van der Waals surface area contributed by atoms with E-state index in [-0.39, 0.29) is 19.0 Å². The fourth-order valence-electron chi connectivity index (χ4n) is 2.07. The molecule has 0 saturated carbocycles. The van der Waals surface area contributed by atoms with Gasteiger partial charge in [-0.15, -0.1) is 0 Å². The molecule has 128 valence electrons. The summed E-state index contributed by atoms with van der Waals surface area (Å²) in [7, 11) is -2.15. The molecule has 0 aromatic carbocycles. The van der Waals surface area contributed by atoms with Gasteiger partial charge in [-0.05, 0) is 32.4 Å². The Morgan fingerprint density at radius 1 is 1.35 bits per heavy atom. The van der Waals surface area contributed by atoms with E-state index in [4.69, 9.17) is 5.26 Å². The zero-order valence-corrected chi connectivity index (χ0v) is 15.0. The third-order valence-electron chi connectivity index (χ3n) is 3.52. The standard InChI is InChI=1S/C15H25N5O2S/c1-5-20(6-2)15-8-7-14(10-17-15)11-18-23(21,22)19(4)12-13(3)9-16/h7-8,10,13,18H,5-6,11-12H2,1-4H3/t13-/m1/s1. The zero-order chi connectivity index (χ0) is 17.5. The number of hydrogen-bond acceptors (Lipinski definition) is 5. The van der Waals surface area contributed by atoms with E-state index in [1.54, 1.807) is 13.1 Å². The number of anilines is 1. The number of nitrogens with zero attached hydrogens (tertiary/aromatic N) is 4. The van der Waals surface area contributed by atoms with E-state index in [0.29, 0.717) is 0 Å². The fraction of sp³-hybridized carbons (Fsp3) is 0.600. The van der Waals surface area contributed by atoms with E-state index >= 15 is 0 Å². The van der Waals surface area contributed by atoms with E-state index in [1.165, 1.54) is 7.05 Å². The zero-order valence-electron chi connectivity index (χ0n) is 14.2. The van der Waals surface area contributed by atoms with Crippen molar-refractivity contribution in [3.63, 3.8) is 0 Å². The van der Waals surface area contributed by atoms with E-state index in [0.717, 1.165) is 28.8 Å². The number of hydrogen-bond donors (Lipinski definition) is 1. The van der Waals surface area contributed by atoms with Crippen LogP contribution in [0.25, 0.3) is 0 Å². The summed E-state index contributed by atoms with van der Waals surface area (Å²) in [5.41, 5.74) is 0.784. The Hall–Kier alpha value is -1.69. The van der Waals surface area contributed by atoms with E-state index < -0.39 is 10.2 Å². The van der Waals surface area contributed by atoms with Crippen molar-refractivity contribution in [1.82, 2.24) is 14.0 Å². The van der Waals surface area contributed by atoms with Gasteiger partial charge < -0.3 is 4.90 Å². The molecule has 1 aromatic heterocycles. The van der Waals surface area contributed by atoms with Crippen LogP contribution < -0.4 is 9.62 Å². The number of rotatable bonds is 9. The lowest BCUT2D eigenvalue weighted by Gasteiger charge is -2.20. The lowest BCUT2D eigenvalue weighted by Crippen LogP contribution is -2.39. The van der Waals surface area contributed by atoms with Crippen molar-refractivity contribution in [3.8, 4) is 6.07 Å². The van der Waals surface area contributed by atoms with Gasteiger partial charge in [0.25, 0.3) is 10.2 Å². The molecule has 0 unspecified atom stereocenters. The van der Waals surface area contributed by atoms with Gasteiger partial charge in [0.2, 0.25) is 0 Å². The molecule has 0 amide bonds. The van der Waals surface area contributed by atoms with Crippen molar-refractivity contribution in [2.75, 3.05) is 31.6 Å². The second kappa shape index (κ2) is 8.82. The second-order valence-electron chi connectivity index (χ2n) is 5.33. The molecule has 0 radical (unpaired) electrons. The molecule has 0 aliphatic carbocycles. The Kier molecular flexibility index (Phi) is 7.42. The van der Waals surface area contributed by atoms with Crippen LogP contribution in [-0.4, -0.2) is 44.4 Å². The number of nitrogens with one attached hydrogen (secondary N) is 1. The predicted molar refractivity (Wildman–Crippen MR) is 91.0 cm³/mol. The summed E-state index contributed by atoms with van der Waals surface area (Å²) < 4.78 is 27.9. The Bertz CT molecular complexity index is 620. The molecule has 1 aromatic rings. The van der Waals surface area contributed by atoms with Crippen molar-refractivity contribution in [2.24, 2.45) is 5.92 Å². The summed E-state index contributed by atoms with van der Waals surface area (Å²) in [5, 5.41) is 8.76. The van der Waals surface area contributed by atoms with Crippen LogP contribution in [0.2, 0.25) is 0 Å². The quantitative estimate of drug-likeness (QED) is 0.733. The first-order valence-corrected chi connectivity index (χ1v) is 9.08. The van der Waals surface area contributed by atoms with Crippen LogP contribution in [0.15, 0.2) is 18.3 Å². The summed E-state index contributed by atoms with van der Waals surface area (Å²) >= 11 is 0. The maximum Gasteiger partial charge on any atom is 0.279 e. The SMILES string of the molecule is CCN(CC)c1ccc(CNS(=O)(=O)N(C)C[C@H](C)C#N)cn1. The van der Waals surface area contributed by atoms with Gasteiger partial charge in [-0.2, -0.15) is 22.7 Å². The van der Waals surface area contributed by atoms with Crippen LogP contribution in [0.3, 0.4) is 0 Å². The third kappa shape index (κ3) is 5.78. The number of nitriles is 1. The Morgan fingerprint density at radius 2 is 2.00 bits per heavy atom. The van der Waals surface area contributed by atoms with Crippen LogP contribution in [0.5, 0.6) is 0 Å². The van der Waals surface area contributed by atoms with Gasteiger partial charge in [0, 0.05) is 39.4 Å². The minimum atomic E-state index is -3.61. The van der Waals surface area contributed by atoms with Gasteiger partial charge in [-0.3, -0.25) is 0 Å². The molecular weight excluding hydrogens is 314 g/mol. The van der Waals surface area contributed by atoms with Crippen molar-refractivity contribution in [2.45, 2.75) is 27.3 Å². The van der Waals surface area contributed by atoms with Gasteiger partial charge >= 0.3 is 0 Å². The van der Waals surface area contributed by atoms with Crippen molar-refractivity contribution >= 4 is 16.0 Å². The number of aromatic nitrogens is 1. The molecule has 1 rings (SSSR count). The predicted octanol–water partition coefficient (Wildman–Crippen LogP) is 1.35.